The van der Waals surface area contributed by atoms with Crippen LogP contribution in [0.15, 0.2) is 0 Å². The van der Waals surface area contributed by atoms with E-state index in [2.05, 4.69) is 0 Å². The van der Waals surface area contributed by atoms with Crippen LogP contribution in [0.4, 0.5) is 0 Å². The van der Waals surface area contributed by atoms with E-state index in [1.807, 2.05) is 0 Å². The first-order valence-corrected chi connectivity index (χ1v) is 4.38. The number of rotatable bonds is 0. The average molecular weight is 383 g/mol. The molecule has 0 radical (unpaired) electrons. The van der Waals surface area contributed by atoms with Crippen molar-refractivity contribution < 1.29 is 197 Å². The minimum atomic E-state index is -5.39. The Labute approximate surface area is 273 Å². The van der Waals surface area contributed by atoms with E-state index in [0.717, 1.165) is 0 Å². The molecule has 0 atom stereocenters. The first-order valence-electron chi connectivity index (χ1n) is 1.46. The zero-order chi connectivity index (χ0) is 9.00. The molecule has 0 N–H and O–H groups in total. The van der Waals surface area contributed by atoms with E-state index in [0.29, 0.717) is 0 Å². The van der Waals surface area contributed by atoms with E-state index in [1.165, 1.54) is 0 Å². The van der Waals surface area contributed by atoms with Crippen LogP contribution in [0, 0.1) is 0 Å². The van der Waals surface area contributed by atoms with Crippen LogP contribution in [0.5, 0.6) is 0 Å². The van der Waals surface area contributed by atoms with Gasteiger partial charge in [0.1, 0.15) is 0 Å². The quantitative estimate of drug-likeness (QED) is 0.293. The fourth-order valence-corrected chi connectivity index (χ4v) is 0. The minimum absolute atomic E-state index is 0. The maximum Gasteiger partial charge on any atom is 2.00 e. The van der Waals surface area contributed by atoms with Gasteiger partial charge in [-0.2, -0.15) is 15.6 Å². The van der Waals surface area contributed by atoms with Gasteiger partial charge in [0.15, 0.2) is 0 Å². The van der Waals surface area contributed by atoms with Crippen LogP contribution in [0.1, 0.15) is 4.28 Å². The van der Waals surface area contributed by atoms with E-state index in [1.54, 1.807) is 0 Å². The second-order valence-electron chi connectivity index (χ2n) is 0.894. The van der Waals surface area contributed by atoms with Crippen LogP contribution in [-0.2, 0) is 9.13 Å². The van der Waals surface area contributed by atoms with Gasteiger partial charge in [-0.3, -0.25) is 0 Å². The normalized spacial score (nSPS) is 7.38. The maximum atomic E-state index is 8.55. The SMILES string of the molecule is O=P([O-])([O-])[O-].O=P([O-])([O-])[O-].[H-].[H-].[H-].[K+].[K+].[K+].[Mg+2].[Mg+2].[Mg+2]. The molecular weight excluding hydrogens is 380 g/mol. The molecule has 8 nitrogen and oxygen atoms in total. The summed E-state index contributed by atoms with van der Waals surface area (Å²) >= 11 is 0. The van der Waals surface area contributed by atoms with Crippen LogP contribution < -0.4 is 184 Å². The van der Waals surface area contributed by atoms with Crippen LogP contribution >= 0.6 is 15.6 Å². The molecule has 70 valence electrons. The first-order chi connectivity index (χ1) is 4.00. The molecule has 0 fully saturated rings. The largest absolute Gasteiger partial charge is 2.00 e. The number of phosphoric acid groups is 2. The van der Waals surface area contributed by atoms with Crippen molar-refractivity contribution in [2.24, 2.45) is 0 Å². The summed E-state index contributed by atoms with van der Waals surface area (Å²) in [6.07, 6.45) is 0. The van der Waals surface area contributed by atoms with Crippen LogP contribution in [0.25, 0.3) is 0 Å². The second kappa shape index (κ2) is 27.3. The zero-order valence-electron chi connectivity index (χ0n) is 12.3. The summed E-state index contributed by atoms with van der Waals surface area (Å²) in [4.78, 5) is 51.3. The third kappa shape index (κ3) is 162. The molecule has 0 bridgehead atoms. The van der Waals surface area contributed by atoms with Gasteiger partial charge in [-0.05, 0) is 0 Å². The molecule has 0 aliphatic rings. The Morgan fingerprint density at radius 3 is 0.562 bits per heavy atom. The van der Waals surface area contributed by atoms with Crippen molar-refractivity contribution in [3.8, 4) is 0 Å². The topological polar surface area (TPSA) is 172 Å². The van der Waals surface area contributed by atoms with Gasteiger partial charge in [0, 0.05) is 0 Å². The Balaban J connectivity index is -0.00000000508. The molecule has 16 heteroatoms. The molecule has 0 heterocycles. The van der Waals surface area contributed by atoms with Crippen molar-refractivity contribution in [1.29, 1.82) is 0 Å². The molecule has 16 heavy (non-hydrogen) atoms. The summed E-state index contributed by atoms with van der Waals surface area (Å²) in [7, 11) is -10.8. The molecule has 0 saturated carbocycles. The molecule has 0 aliphatic heterocycles. The summed E-state index contributed by atoms with van der Waals surface area (Å²) < 4.78 is 17.1. The fourth-order valence-electron chi connectivity index (χ4n) is 0. The smallest absolute Gasteiger partial charge is 1.00 e. The van der Waals surface area contributed by atoms with Gasteiger partial charge in [-0.25, -0.2) is 0 Å². The molecule has 0 unspecified atom stereocenters. The molecular formula is H3K3Mg3O8P2. The molecule has 0 saturated heterocycles. The van der Waals surface area contributed by atoms with Crippen molar-refractivity contribution >= 4 is 84.8 Å². The number of hydrogen-bond acceptors (Lipinski definition) is 8. The van der Waals surface area contributed by atoms with E-state index in [4.69, 9.17) is 38.5 Å². The third-order valence-corrected chi connectivity index (χ3v) is 0. The first kappa shape index (κ1) is 49.5. The standard InChI is InChI=1S/3K.3Mg.2H3O4P.3H/c;;;;;;2*1-5(2,3)4;;;/h;;;;;;2*(H3,1,2,3,4);;;/q3*+1;3*+2;;;3*-1/p-6. The predicted molar refractivity (Wildman–Crippen MR) is 35.8 cm³/mol. The Morgan fingerprint density at radius 2 is 0.562 bits per heavy atom. The van der Waals surface area contributed by atoms with Crippen molar-refractivity contribution in [3.63, 3.8) is 0 Å². The third-order valence-electron chi connectivity index (χ3n) is 0. The minimum Gasteiger partial charge on any atom is -1.00 e. The summed E-state index contributed by atoms with van der Waals surface area (Å²) in [5, 5.41) is 0. The second-order valence-corrected chi connectivity index (χ2v) is 2.68. The summed E-state index contributed by atoms with van der Waals surface area (Å²) in [5.74, 6) is 0. The van der Waals surface area contributed by atoms with E-state index >= 15 is 0 Å². The predicted octanol–water partition coefficient (Wildman–Crippen LogP) is -15.4. The molecule has 0 amide bonds. The Kier molecular flexibility index (Phi) is 84.4. The van der Waals surface area contributed by atoms with Gasteiger partial charge in [-0.1, -0.05) is 0 Å². The van der Waals surface area contributed by atoms with Crippen molar-refractivity contribution in [2.75, 3.05) is 0 Å². The molecule has 0 aromatic heterocycles. The van der Waals surface area contributed by atoms with Gasteiger partial charge in [0.25, 0.3) is 0 Å². The summed E-state index contributed by atoms with van der Waals surface area (Å²) in [6.45, 7) is 0. The van der Waals surface area contributed by atoms with Gasteiger partial charge in [-0.15, -0.1) is 0 Å². The van der Waals surface area contributed by atoms with Crippen LogP contribution in [0.3, 0.4) is 0 Å². The van der Waals surface area contributed by atoms with Crippen LogP contribution in [-0.4, -0.2) is 69.2 Å². The Hall–Kier alpha value is 7.43. The van der Waals surface area contributed by atoms with Crippen molar-refractivity contribution in [2.45, 2.75) is 0 Å². The van der Waals surface area contributed by atoms with Crippen molar-refractivity contribution in [1.82, 2.24) is 0 Å². The van der Waals surface area contributed by atoms with Crippen LogP contribution in [0.2, 0.25) is 0 Å². The summed E-state index contributed by atoms with van der Waals surface area (Å²) in [5.41, 5.74) is 0. The van der Waals surface area contributed by atoms with Gasteiger partial charge in [0.2, 0.25) is 0 Å². The molecule has 0 aliphatic carbocycles. The maximum absolute atomic E-state index is 8.55. The zero-order valence-corrected chi connectivity index (χ0v) is 24.7. The van der Waals surface area contributed by atoms with Gasteiger partial charge >= 0.3 is 223 Å². The number of hydrogen-bond donors (Lipinski definition) is 0. The van der Waals surface area contributed by atoms with Gasteiger partial charge in [0.05, 0.1) is 0 Å². The summed E-state index contributed by atoms with van der Waals surface area (Å²) in [6, 6.07) is 0. The van der Waals surface area contributed by atoms with E-state index in [-0.39, 0.29) is 228 Å². The van der Waals surface area contributed by atoms with Crippen molar-refractivity contribution in [3.05, 3.63) is 0 Å². The van der Waals surface area contributed by atoms with E-state index in [9.17, 15) is 0 Å². The fraction of sp³-hybridized carbons (Fsp3) is 0. The monoisotopic (exact) mass is 382 g/mol. The Morgan fingerprint density at radius 1 is 0.562 bits per heavy atom. The molecule has 0 aromatic rings. The molecule has 0 aromatic carbocycles. The average Bonchev–Trinajstić information content (AvgIpc) is 1.12. The van der Waals surface area contributed by atoms with E-state index < -0.39 is 15.6 Å². The molecule has 0 rings (SSSR count). The van der Waals surface area contributed by atoms with Gasteiger partial charge < -0.3 is 42.8 Å². The molecule has 0 spiro atoms. The Bertz CT molecular complexity index is 153.